The molecule has 0 spiro atoms. The van der Waals surface area contributed by atoms with Crippen molar-refractivity contribution in [3.8, 4) is 0 Å². The molecule has 2 heterocycles. The Bertz CT molecular complexity index is 717. The summed E-state index contributed by atoms with van der Waals surface area (Å²) in [5.74, 6) is 1.26. The monoisotopic (exact) mass is 558 g/mol. The van der Waals surface area contributed by atoms with Gasteiger partial charge in [0.1, 0.15) is 4.21 Å². The van der Waals surface area contributed by atoms with Crippen molar-refractivity contribution in [2.75, 3.05) is 39.9 Å². The summed E-state index contributed by atoms with van der Waals surface area (Å²) >= 11 is 1.33. The maximum absolute atomic E-state index is 12.7. The van der Waals surface area contributed by atoms with Gasteiger partial charge >= 0.3 is 0 Å². The highest BCUT2D eigenvalue weighted by molar-refractivity contribution is 14.0. The van der Waals surface area contributed by atoms with Crippen LogP contribution in [-0.4, -0.2) is 58.6 Å². The second-order valence-corrected chi connectivity index (χ2v) is 10.7. The minimum Gasteiger partial charge on any atom is -0.381 e. The lowest BCUT2D eigenvalue weighted by atomic mass is 10.2. The Hall–Kier alpha value is -0.430. The van der Waals surface area contributed by atoms with Crippen molar-refractivity contribution < 1.29 is 13.2 Å². The molecule has 1 saturated heterocycles. The van der Waals surface area contributed by atoms with E-state index >= 15 is 0 Å². The molecule has 2 N–H and O–H groups in total. The topological polar surface area (TPSA) is 83.0 Å². The number of rotatable bonds is 10. The molecule has 0 unspecified atom stereocenters. The Morgan fingerprint density at radius 3 is 2.62 bits per heavy atom. The highest BCUT2D eigenvalue weighted by Gasteiger charge is 2.27. The number of nitrogens with one attached hydrogen (secondary N) is 2. The van der Waals surface area contributed by atoms with E-state index in [1.807, 2.05) is 6.07 Å². The lowest BCUT2D eigenvalue weighted by Crippen LogP contribution is -2.37. The lowest BCUT2D eigenvalue weighted by molar-refractivity contribution is 0.108. The fraction of sp³-hybridized carbons (Fsp3) is 0.737. The Kier molecular flexibility index (Phi) is 12.7. The molecule has 1 aromatic rings. The van der Waals surface area contributed by atoms with Crippen LogP contribution in [0.25, 0.3) is 0 Å². The Morgan fingerprint density at radius 2 is 1.97 bits per heavy atom. The molecule has 2 rings (SSSR count). The molecule has 10 heteroatoms. The number of aliphatic imine (C=N–C) groups is 1. The number of nitrogens with zero attached hydrogens (tertiary/aromatic N) is 2. The van der Waals surface area contributed by atoms with Gasteiger partial charge in [0.15, 0.2) is 5.96 Å². The normalized spacial score (nSPS) is 15.9. The van der Waals surface area contributed by atoms with Gasteiger partial charge in [-0.2, -0.15) is 4.31 Å². The third-order valence-electron chi connectivity index (χ3n) is 4.41. The first kappa shape index (κ1) is 26.6. The first-order valence-electron chi connectivity index (χ1n) is 10.0. The van der Waals surface area contributed by atoms with Gasteiger partial charge in [0.05, 0.1) is 6.54 Å². The van der Waals surface area contributed by atoms with Gasteiger partial charge in [-0.05, 0) is 37.3 Å². The van der Waals surface area contributed by atoms with E-state index in [0.717, 1.165) is 50.3 Å². The Balaban J connectivity index is 0.00000420. The smallest absolute Gasteiger partial charge is 0.252 e. The van der Waals surface area contributed by atoms with Gasteiger partial charge in [0.25, 0.3) is 10.0 Å². The van der Waals surface area contributed by atoms with E-state index in [9.17, 15) is 8.42 Å². The predicted molar refractivity (Wildman–Crippen MR) is 131 cm³/mol. The summed E-state index contributed by atoms with van der Waals surface area (Å²) in [4.78, 5) is 5.18. The number of sulfonamides is 1. The first-order chi connectivity index (χ1) is 13.4. The predicted octanol–water partition coefficient (Wildman–Crippen LogP) is 3.27. The lowest BCUT2D eigenvalue weighted by Gasteiger charge is -2.25. The van der Waals surface area contributed by atoms with Crippen LogP contribution in [0, 0.1) is 5.92 Å². The summed E-state index contributed by atoms with van der Waals surface area (Å²) in [5.41, 5.74) is 0. The number of piperidine rings is 1. The number of ether oxygens (including phenoxy) is 1. The molecule has 0 aliphatic carbocycles. The fourth-order valence-corrected chi connectivity index (χ4v) is 5.88. The third kappa shape index (κ3) is 9.07. The summed E-state index contributed by atoms with van der Waals surface area (Å²) in [7, 11) is -1.62. The summed E-state index contributed by atoms with van der Waals surface area (Å²) in [5, 5.41) is 6.49. The molecule has 1 aliphatic rings. The van der Waals surface area contributed by atoms with Crippen LogP contribution in [0.15, 0.2) is 21.3 Å². The third-order valence-corrected chi connectivity index (χ3v) is 7.86. The van der Waals surface area contributed by atoms with Crippen LogP contribution in [0.1, 0.15) is 44.4 Å². The molecule has 0 bridgehead atoms. The molecule has 168 valence electrons. The van der Waals surface area contributed by atoms with E-state index in [0.29, 0.717) is 35.7 Å². The number of halogens is 1. The van der Waals surface area contributed by atoms with Gasteiger partial charge in [0.2, 0.25) is 0 Å². The molecular formula is C19H35IN4O3S2. The molecular weight excluding hydrogens is 523 g/mol. The number of guanidine groups is 1. The number of thiophene rings is 1. The molecule has 0 atom stereocenters. The van der Waals surface area contributed by atoms with Crippen LogP contribution in [0.2, 0.25) is 0 Å². The van der Waals surface area contributed by atoms with Crippen molar-refractivity contribution in [3.05, 3.63) is 17.0 Å². The molecule has 0 saturated carbocycles. The van der Waals surface area contributed by atoms with Gasteiger partial charge in [-0.15, -0.1) is 35.3 Å². The highest BCUT2D eigenvalue weighted by Crippen LogP contribution is 2.26. The van der Waals surface area contributed by atoms with Crippen molar-refractivity contribution in [1.82, 2.24) is 14.9 Å². The number of hydrogen-bond acceptors (Lipinski definition) is 5. The minimum absolute atomic E-state index is 0. The molecule has 29 heavy (non-hydrogen) atoms. The largest absolute Gasteiger partial charge is 0.381 e. The average Bonchev–Trinajstić information content (AvgIpc) is 3.17. The van der Waals surface area contributed by atoms with E-state index in [-0.39, 0.29) is 24.0 Å². The van der Waals surface area contributed by atoms with Gasteiger partial charge in [-0.25, -0.2) is 8.42 Å². The zero-order valence-electron chi connectivity index (χ0n) is 17.6. The molecule has 1 aliphatic heterocycles. The molecule has 7 nitrogen and oxygen atoms in total. The van der Waals surface area contributed by atoms with Crippen LogP contribution < -0.4 is 10.6 Å². The minimum atomic E-state index is -3.35. The van der Waals surface area contributed by atoms with E-state index < -0.39 is 10.0 Å². The van der Waals surface area contributed by atoms with Crippen LogP contribution in [0.5, 0.6) is 0 Å². The molecule has 0 aromatic carbocycles. The van der Waals surface area contributed by atoms with Gasteiger partial charge in [-0.3, -0.25) is 4.99 Å². The zero-order chi connectivity index (χ0) is 20.4. The van der Waals surface area contributed by atoms with Crippen molar-refractivity contribution in [1.29, 1.82) is 0 Å². The van der Waals surface area contributed by atoms with Crippen molar-refractivity contribution in [2.24, 2.45) is 10.9 Å². The van der Waals surface area contributed by atoms with E-state index in [4.69, 9.17) is 4.74 Å². The summed E-state index contributed by atoms with van der Waals surface area (Å²) < 4.78 is 33.1. The quantitative estimate of drug-likeness (QED) is 0.200. The Morgan fingerprint density at radius 1 is 1.24 bits per heavy atom. The zero-order valence-corrected chi connectivity index (χ0v) is 21.6. The van der Waals surface area contributed by atoms with E-state index in [1.165, 1.54) is 11.3 Å². The standard InChI is InChI=1S/C19H34N4O3S2.HI/c1-16(2)15-26-13-7-10-21-19(20-3)22-14-17-8-9-18(27-17)28(24,25)23-11-5-4-6-12-23;/h8-9,16H,4-7,10-15H2,1-3H3,(H2,20,21,22);1H. The van der Waals surface area contributed by atoms with Gasteiger partial charge in [-0.1, -0.05) is 20.3 Å². The molecule has 1 aromatic heterocycles. The SMILES string of the molecule is CN=C(NCCCOCC(C)C)NCc1ccc(S(=O)(=O)N2CCCCC2)s1.I. The van der Waals surface area contributed by atoms with Crippen molar-refractivity contribution in [3.63, 3.8) is 0 Å². The van der Waals surface area contributed by atoms with Crippen molar-refractivity contribution >= 4 is 51.3 Å². The maximum atomic E-state index is 12.7. The molecule has 0 radical (unpaired) electrons. The second kappa shape index (κ2) is 13.8. The molecule has 0 amide bonds. The van der Waals surface area contributed by atoms with E-state index in [2.05, 4.69) is 29.5 Å². The fourth-order valence-electron chi connectivity index (χ4n) is 2.92. The highest BCUT2D eigenvalue weighted by atomic mass is 127. The Labute approximate surface area is 196 Å². The number of hydrogen-bond donors (Lipinski definition) is 2. The van der Waals surface area contributed by atoms with Crippen LogP contribution >= 0.6 is 35.3 Å². The summed E-state index contributed by atoms with van der Waals surface area (Å²) in [6, 6.07) is 3.59. The van der Waals surface area contributed by atoms with Crippen molar-refractivity contribution in [2.45, 2.75) is 50.3 Å². The van der Waals surface area contributed by atoms with Gasteiger partial charge in [0, 0.05) is 44.8 Å². The summed E-state index contributed by atoms with van der Waals surface area (Å²) in [6.07, 6.45) is 3.92. The van der Waals surface area contributed by atoms with Gasteiger partial charge < -0.3 is 15.4 Å². The average molecular weight is 559 g/mol. The van der Waals surface area contributed by atoms with Crippen LogP contribution in [-0.2, 0) is 21.3 Å². The van der Waals surface area contributed by atoms with Crippen LogP contribution in [0.4, 0.5) is 0 Å². The van der Waals surface area contributed by atoms with E-state index in [1.54, 1.807) is 17.4 Å². The maximum Gasteiger partial charge on any atom is 0.252 e. The summed E-state index contributed by atoms with van der Waals surface area (Å²) in [6.45, 7) is 8.37. The first-order valence-corrected chi connectivity index (χ1v) is 12.3. The van der Waals surface area contributed by atoms with Crippen LogP contribution in [0.3, 0.4) is 0 Å². The second-order valence-electron chi connectivity index (χ2n) is 7.36. The molecule has 1 fully saturated rings.